The van der Waals surface area contributed by atoms with Crippen molar-refractivity contribution in [2.24, 2.45) is 0 Å². The number of hydrogen-bond donors (Lipinski definition) is 1. The van der Waals surface area contributed by atoms with Crippen LogP contribution in [0.2, 0.25) is 0 Å². The van der Waals surface area contributed by atoms with Gasteiger partial charge in [0.15, 0.2) is 0 Å². The molecule has 0 bridgehead atoms. The lowest BCUT2D eigenvalue weighted by atomic mass is 10.2. The number of nitrogens with zero attached hydrogens (tertiary/aromatic N) is 2. The standard InChI is InChI=1S/C13H11IN2O3/c1-2-8-7-16(10-5-3-4-9(14)6-10)15-11(12(8)17)13(18)19/h3-7H,2H2,1H3,(H,18,19). The van der Waals surface area contributed by atoms with E-state index in [-0.39, 0.29) is 0 Å². The first-order chi connectivity index (χ1) is 9.02. The molecule has 0 fully saturated rings. The summed E-state index contributed by atoms with van der Waals surface area (Å²) in [5.74, 6) is -1.31. The van der Waals surface area contributed by atoms with Crippen molar-refractivity contribution in [2.45, 2.75) is 13.3 Å². The largest absolute Gasteiger partial charge is 0.476 e. The Bertz CT molecular complexity index is 695. The van der Waals surface area contributed by atoms with Crippen LogP contribution < -0.4 is 5.43 Å². The average molecular weight is 370 g/mol. The Labute approximate surface area is 123 Å². The predicted molar refractivity (Wildman–Crippen MR) is 78.9 cm³/mol. The van der Waals surface area contributed by atoms with Gasteiger partial charge in [-0.25, -0.2) is 9.48 Å². The summed E-state index contributed by atoms with van der Waals surface area (Å²) >= 11 is 2.16. The summed E-state index contributed by atoms with van der Waals surface area (Å²) in [5, 5.41) is 12.9. The Hall–Kier alpha value is -1.70. The van der Waals surface area contributed by atoms with Crippen molar-refractivity contribution >= 4 is 28.6 Å². The fraction of sp³-hybridized carbons (Fsp3) is 0.154. The summed E-state index contributed by atoms with van der Waals surface area (Å²) in [5.41, 5.74) is 0.199. The number of benzene rings is 1. The Morgan fingerprint density at radius 1 is 1.47 bits per heavy atom. The first-order valence-corrected chi connectivity index (χ1v) is 6.73. The highest BCUT2D eigenvalue weighted by Gasteiger charge is 2.15. The zero-order valence-electron chi connectivity index (χ0n) is 10.1. The zero-order valence-corrected chi connectivity index (χ0v) is 12.3. The van der Waals surface area contributed by atoms with Gasteiger partial charge in [0.1, 0.15) is 0 Å². The third-order valence-corrected chi connectivity index (χ3v) is 3.32. The quantitative estimate of drug-likeness (QED) is 0.840. The minimum atomic E-state index is -1.31. The number of carboxylic acids is 1. The van der Waals surface area contributed by atoms with Crippen LogP contribution in [0.4, 0.5) is 0 Å². The SMILES string of the molecule is CCc1cn(-c2cccc(I)c2)nc(C(=O)O)c1=O. The molecule has 0 radical (unpaired) electrons. The van der Waals surface area contributed by atoms with Crippen molar-refractivity contribution in [2.75, 3.05) is 0 Å². The van der Waals surface area contributed by atoms with Crippen LogP contribution in [-0.4, -0.2) is 20.9 Å². The third kappa shape index (κ3) is 2.83. The van der Waals surface area contributed by atoms with E-state index in [1.165, 1.54) is 4.68 Å². The van der Waals surface area contributed by atoms with Gasteiger partial charge in [0.25, 0.3) is 0 Å². The monoisotopic (exact) mass is 370 g/mol. The van der Waals surface area contributed by atoms with Gasteiger partial charge in [-0.15, -0.1) is 0 Å². The molecule has 0 spiro atoms. The van der Waals surface area contributed by atoms with E-state index in [4.69, 9.17) is 5.11 Å². The van der Waals surface area contributed by atoms with Crippen molar-refractivity contribution < 1.29 is 9.90 Å². The molecule has 5 nitrogen and oxygen atoms in total. The summed E-state index contributed by atoms with van der Waals surface area (Å²) < 4.78 is 2.44. The van der Waals surface area contributed by atoms with Crippen molar-refractivity contribution in [3.8, 4) is 5.69 Å². The highest BCUT2D eigenvalue weighted by atomic mass is 127. The maximum absolute atomic E-state index is 11.8. The van der Waals surface area contributed by atoms with Gasteiger partial charge >= 0.3 is 5.97 Å². The topological polar surface area (TPSA) is 72.2 Å². The van der Waals surface area contributed by atoms with Crippen molar-refractivity contribution in [1.29, 1.82) is 0 Å². The van der Waals surface area contributed by atoms with Crippen LogP contribution in [0.15, 0.2) is 35.3 Å². The summed E-state index contributed by atoms with van der Waals surface area (Å²) in [6, 6.07) is 7.45. The number of carbonyl (C=O) groups is 1. The molecular weight excluding hydrogens is 359 g/mol. The summed E-state index contributed by atoms with van der Waals surface area (Å²) in [6.07, 6.45) is 2.05. The molecule has 0 amide bonds. The Morgan fingerprint density at radius 2 is 2.21 bits per heavy atom. The second-order valence-electron chi connectivity index (χ2n) is 3.92. The predicted octanol–water partition coefficient (Wildman–Crippen LogP) is 2.10. The minimum Gasteiger partial charge on any atom is -0.476 e. The fourth-order valence-electron chi connectivity index (χ4n) is 1.68. The molecule has 0 aliphatic rings. The van der Waals surface area contributed by atoms with Crippen molar-refractivity contribution in [3.63, 3.8) is 0 Å². The highest BCUT2D eigenvalue weighted by Crippen LogP contribution is 2.12. The van der Waals surface area contributed by atoms with Gasteiger partial charge in [-0.3, -0.25) is 4.79 Å². The number of carboxylic acid groups (broad SMARTS) is 1. The molecular formula is C13H11IN2O3. The van der Waals surface area contributed by atoms with E-state index < -0.39 is 17.1 Å². The first kappa shape index (κ1) is 13.7. The lowest BCUT2D eigenvalue weighted by Crippen LogP contribution is -2.24. The smallest absolute Gasteiger partial charge is 0.360 e. The third-order valence-electron chi connectivity index (χ3n) is 2.65. The van der Waals surface area contributed by atoms with E-state index in [9.17, 15) is 9.59 Å². The summed E-state index contributed by atoms with van der Waals surface area (Å²) in [4.78, 5) is 22.9. The van der Waals surface area contributed by atoms with Gasteiger partial charge in [0.05, 0.1) is 5.69 Å². The van der Waals surface area contributed by atoms with Crippen LogP contribution in [0.5, 0.6) is 0 Å². The van der Waals surface area contributed by atoms with Crippen LogP contribution in [0.25, 0.3) is 5.69 Å². The molecule has 2 aromatic rings. The molecule has 6 heteroatoms. The molecule has 0 saturated carbocycles. The molecule has 0 saturated heterocycles. The fourth-order valence-corrected chi connectivity index (χ4v) is 2.21. The molecule has 1 aromatic carbocycles. The second-order valence-corrected chi connectivity index (χ2v) is 5.16. The van der Waals surface area contributed by atoms with E-state index in [0.717, 1.165) is 9.26 Å². The molecule has 98 valence electrons. The maximum atomic E-state index is 11.8. The number of aromatic carboxylic acids is 1. The Balaban J connectivity index is 2.68. The molecule has 0 atom stereocenters. The van der Waals surface area contributed by atoms with Gasteiger partial charge in [0.2, 0.25) is 11.1 Å². The van der Waals surface area contributed by atoms with Gasteiger partial charge in [-0.2, -0.15) is 5.10 Å². The zero-order chi connectivity index (χ0) is 14.0. The van der Waals surface area contributed by atoms with Gasteiger partial charge in [-0.1, -0.05) is 13.0 Å². The molecule has 1 heterocycles. The Morgan fingerprint density at radius 3 is 2.79 bits per heavy atom. The van der Waals surface area contributed by atoms with Crippen LogP contribution in [0.3, 0.4) is 0 Å². The van der Waals surface area contributed by atoms with Crippen LogP contribution in [0.1, 0.15) is 23.0 Å². The van der Waals surface area contributed by atoms with Gasteiger partial charge in [-0.05, 0) is 47.2 Å². The van der Waals surface area contributed by atoms with Crippen molar-refractivity contribution in [1.82, 2.24) is 9.78 Å². The van der Waals surface area contributed by atoms with E-state index >= 15 is 0 Å². The molecule has 19 heavy (non-hydrogen) atoms. The van der Waals surface area contributed by atoms with E-state index in [1.807, 2.05) is 24.3 Å². The lowest BCUT2D eigenvalue weighted by molar-refractivity contribution is 0.0686. The van der Waals surface area contributed by atoms with Crippen LogP contribution in [0, 0.1) is 3.57 Å². The van der Waals surface area contributed by atoms with Gasteiger partial charge < -0.3 is 5.11 Å². The number of aromatic nitrogens is 2. The molecule has 0 aliphatic carbocycles. The number of rotatable bonds is 3. The summed E-state index contributed by atoms with van der Waals surface area (Å²) in [6.45, 7) is 1.81. The second kappa shape index (κ2) is 5.52. The van der Waals surface area contributed by atoms with Crippen LogP contribution >= 0.6 is 22.6 Å². The number of aryl methyl sites for hydroxylation is 1. The van der Waals surface area contributed by atoms with E-state index in [1.54, 1.807) is 13.1 Å². The number of halogens is 1. The van der Waals surface area contributed by atoms with E-state index in [2.05, 4.69) is 27.7 Å². The maximum Gasteiger partial charge on any atom is 0.360 e. The van der Waals surface area contributed by atoms with Crippen molar-refractivity contribution in [3.05, 3.63) is 55.5 Å². The molecule has 0 aliphatic heterocycles. The van der Waals surface area contributed by atoms with Crippen LogP contribution in [-0.2, 0) is 6.42 Å². The first-order valence-electron chi connectivity index (χ1n) is 5.65. The summed E-state index contributed by atoms with van der Waals surface area (Å²) in [7, 11) is 0. The highest BCUT2D eigenvalue weighted by molar-refractivity contribution is 14.1. The minimum absolute atomic E-state index is 0.436. The van der Waals surface area contributed by atoms with E-state index in [0.29, 0.717) is 12.0 Å². The lowest BCUT2D eigenvalue weighted by Gasteiger charge is -2.08. The average Bonchev–Trinajstić information content (AvgIpc) is 2.38. The molecule has 1 N–H and O–H groups in total. The molecule has 0 unspecified atom stereocenters. The number of hydrogen-bond acceptors (Lipinski definition) is 3. The normalized spacial score (nSPS) is 10.4. The van der Waals surface area contributed by atoms with Gasteiger partial charge in [0, 0.05) is 15.3 Å². The Kier molecular flexibility index (Phi) is 3.98. The molecule has 2 rings (SSSR count). The molecule has 1 aromatic heterocycles.